The average molecular weight is 444 g/mol. The second-order valence-electron chi connectivity index (χ2n) is 6.04. The van der Waals surface area contributed by atoms with Gasteiger partial charge in [-0.2, -0.15) is 0 Å². The van der Waals surface area contributed by atoms with E-state index >= 15 is 0 Å². The number of nitrogens with one attached hydrogen (secondary N) is 3. The molecule has 1 fully saturated rings. The molecule has 0 heterocycles. The molecule has 3 N–H and O–H groups in total. The maximum absolute atomic E-state index is 11.6. The number of guanidine groups is 1. The van der Waals surface area contributed by atoms with Gasteiger partial charge in [-0.1, -0.05) is 25.0 Å². The van der Waals surface area contributed by atoms with E-state index in [1.165, 1.54) is 25.7 Å². The first-order valence-electron chi connectivity index (χ1n) is 8.48. The van der Waals surface area contributed by atoms with Crippen LogP contribution in [0.5, 0.6) is 0 Å². The number of benzene rings is 1. The number of aliphatic imine (C=N–C) groups is 1. The van der Waals surface area contributed by atoms with Crippen molar-refractivity contribution in [2.45, 2.75) is 32.1 Å². The summed E-state index contributed by atoms with van der Waals surface area (Å²) in [5, 5.41) is 9.32. The summed E-state index contributed by atoms with van der Waals surface area (Å²) < 4.78 is 0. The van der Waals surface area contributed by atoms with Gasteiger partial charge in [-0.3, -0.25) is 9.79 Å². The zero-order chi connectivity index (χ0) is 16.5. The minimum absolute atomic E-state index is 0. The smallest absolute Gasteiger partial charge is 0.251 e. The van der Waals surface area contributed by atoms with E-state index in [1.54, 1.807) is 14.1 Å². The fourth-order valence-electron chi connectivity index (χ4n) is 2.56. The standard InChI is InChI=1S/C18H28N4O.HI/c1-19-17(23)16-7-3-5-15(13-16)10-12-22-18(20-2)21-11-4-6-14-8-9-14;/h3,5,7,13-14H,4,6,8-12H2,1-2H3,(H,19,23)(H2,20,21,22);1H. The second kappa shape index (κ2) is 11.3. The van der Waals surface area contributed by atoms with E-state index in [0.29, 0.717) is 5.56 Å². The van der Waals surface area contributed by atoms with Crippen molar-refractivity contribution in [2.75, 3.05) is 27.2 Å². The molecule has 1 saturated carbocycles. The largest absolute Gasteiger partial charge is 0.356 e. The predicted octanol–water partition coefficient (Wildman–Crippen LogP) is 2.56. The molecule has 0 unspecified atom stereocenters. The van der Waals surface area contributed by atoms with Crippen molar-refractivity contribution >= 4 is 35.8 Å². The lowest BCUT2D eigenvalue weighted by Gasteiger charge is -2.12. The lowest BCUT2D eigenvalue weighted by molar-refractivity contribution is 0.0963. The Morgan fingerprint density at radius 1 is 1.25 bits per heavy atom. The molecule has 1 amide bonds. The van der Waals surface area contributed by atoms with Gasteiger partial charge in [0.15, 0.2) is 5.96 Å². The highest BCUT2D eigenvalue weighted by Gasteiger charge is 2.19. The Balaban J connectivity index is 0.00000288. The Hall–Kier alpha value is -1.31. The van der Waals surface area contributed by atoms with Crippen LogP contribution in [0.2, 0.25) is 0 Å². The molecule has 0 atom stereocenters. The van der Waals surface area contributed by atoms with Crippen LogP contribution in [-0.2, 0) is 6.42 Å². The summed E-state index contributed by atoms with van der Waals surface area (Å²) in [5.74, 6) is 1.79. The molecular formula is C18H29IN4O. The first kappa shape index (κ1) is 20.7. The molecule has 0 aliphatic heterocycles. The Kier molecular flexibility index (Phi) is 9.75. The van der Waals surface area contributed by atoms with Gasteiger partial charge >= 0.3 is 0 Å². The maximum Gasteiger partial charge on any atom is 0.251 e. The van der Waals surface area contributed by atoms with Gasteiger partial charge < -0.3 is 16.0 Å². The number of carbonyl (C=O) groups is 1. The minimum atomic E-state index is -0.0482. The van der Waals surface area contributed by atoms with Gasteiger partial charge in [0.05, 0.1) is 0 Å². The lowest BCUT2D eigenvalue weighted by Crippen LogP contribution is -2.38. The highest BCUT2D eigenvalue weighted by atomic mass is 127. The van der Waals surface area contributed by atoms with Crippen LogP contribution in [0.1, 0.15) is 41.6 Å². The fraction of sp³-hybridized carbons (Fsp3) is 0.556. The summed E-state index contributed by atoms with van der Waals surface area (Å²) >= 11 is 0. The number of hydrogen-bond donors (Lipinski definition) is 3. The van der Waals surface area contributed by atoms with Gasteiger partial charge in [0.25, 0.3) is 5.91 Å². The summed E-state index contributed by atoms with van der Waals surface area (Å²) in [6.45, 7) is 1.77. The van der Waals surface area contributed by atoms with Crippen molar-refractivity contribution < 1.29 is 4.79 Å². The van der Waals surface area contributed by atoms with Crippen molar-refractivity contribution in [3.8, 4) is 0 Å². The Labute approximate surface area is 162 Å². The summed E-state index contributed by atoms with van der Waals surface area (Å²) in [5.41, 5.74) is 1.84. The molecule has 6 heteroatoms. The fourth-order valence-corrected chi connectivity index (χ4v) is 2.56. The van der Waals surface area contributed by atoms with Gasteiger partial charge in [-0.15, -0.1) is 24.0 Å². The van der Waals surface area contributed by atoms with Crippen LogP contribution >= 0.6 is 24.0 Å². The first-order valence-corrected chi connectivity index (χ1v) is 8.48. The van der Waals surface area contributed by atoms with Crippen LogP contribution in [0.25, 0.3) is 0 Å². The van der Waals surface area contributed by atoms with Crippen LogP contribution in [0.3, 0.4) is 0 Å². The zero-order valence-corrected chi connectivity index (χ0v) is 16.9. The van der Waals surface area contributed by atoms with Gasteiger partial charge in [0.2, 0.25) is 0 Å². The van der Waals surface area contributed by atoms with Crippen LogP contribution in [0, 0.1) is 5.92 Å². The van der Waals surface area contributed by atoms with E-state index in [-0.39, 0.29) is 29.9 Å². The average Bonchev–Trinajstić information content (AvgIpc) is 3.40. The topological polar surface area (TPSA) is 65.5 Å². The van der Waals surface area contributed by atoms with E-state index in [0.717, 1.165) is 37.0 Å². The van der Waals surface area contributed by atoms with Crippen LogP contribution < -0.4 is 16.0 Å². The van der Waals surface area contributed by atoms with Crippen molar-refractivity contribution in [1.29, 1.82) is 0 Å². The Morgan fingerprint density at radius 2 is 2.00 bits per heavy atom. The number of rotatable bonds is 8. The van der Waals surface area contributed by atoms with Gasteiger partial charge in [-0.05, 0) is 42.9 Å². The third-order valence-corrected chi connectivity index (χ3v) is 4.12. The van der Waals surface area contributed by atoms with E-state index in [4.69, 9.17) is 0 Å². The number of carbonyl (C=O) groups excluding carboxylic acids is 1. The summed E-state index contributed by atoms with van der Waals surface area (Å²) in [7, 11) is 3.44. The second-order valence-corrected chi connectivity index (χ2v) is 6.04. The molecule has 1 aliphatic rings. The molecular weight excluding hydrogens is 415 g/mol. The highest BCUT2D eigenvalue weighted by molar-refractivity contribution is 14.0. The lowest BCUT2D eigenvalue weighted by atomic mass is 10.1. The number of hydrogen-bond acceptors (Lipinski definition) is 2. The summed E-state index contributed by atoms with van der Waals surface area (Å²) in [4.78, 5) is 15.9. The molecule has 0 radical (unpaired) electrons. The van der Waals surface area contributed by atoms with Crippen molar-refractivity contribution in [3.05, 3.63) is 35.4 Å². The molecule has 2 rings (SSSR count). The third-order valence-electron chi connectivity index (χ3n) is 4.12. The molecule has 0 saturated heterocycles. The molecule has 134 valence electrons. The van der Waals surface area contributed by atoms with Crippen LogP contribution in [0.4, 0.5) is 0 Å². The van der Waals surface area contributed by atoms with E-state index in [9.17, 15) is 4.79 Å². The summed E-state index contributed by atoms with van der Waals surface area (Å²) in [6, 6.07) is 7.73. The molecule has 0 aromatic heterocycles. The molecule has 1 aromatic carbocycles. The maximum atomic E-state index is 11.6. The predicted molar refractivity (Wildman–Crippen MR) is 110 cm³/mol. The number of halogens is 1. The molecule has 1 aliphatic carbocycles. The molecule has 0 spiro atoms. The zero-order valence-electron chi connectivity index (χ0n) is 14.6. The minimum Gasteiger partial charge on any atom is -0.356 e. The van der Waals surface area contributed by atoms with Gasteiger partial charge in [-0.25, -0.2) is 0 Å². The number of amides is 1. The van der Waals surface area contributed by atoms with Crippen LogP contribution in [0.15, 0.2) is 29.3 Å². The van der Waals surface area contributed by atoms with Gasteiger partial charge in [0, 0.05) is 32.7 Å². The Morgan fingerprint density at radius 3 is 2.67 bits per heavy atom. The first-order chi connectivity index (χ1) is 11.2. The molecule has 5 nitrogen and oxygen atoms in total. The molecule has 0 bridgehead atoms. The van der Waals surface area contributed by atoms with Crippen LogP contribution in [-0.4, -0.2) is 39.1 Å². The highest BCUT2D eigenvalue weighted by Crippen LogP contribution is 2.33. The van der Waals surface area contributed by atoms with Crippen molar-refractivity contribution in [1.82, 2.24) is 16.0 Å². The van der Waals surface area contributed by atoms with E-state index < -0.39 is 0 Å². The van der Waals surface area contributed by atoms with Crippen molar-refractivity contribution in [2.24, 2.45) is 10.9 Å². The third kappa shape index (κ3) is 7.51. The van der Waals surface area contributed by atoms with E-state index in [2.05, 4.69) is 20.9 Å². The molecule has 1 aromatic rings. The summed E-state index contributed by atoms with van der Waals surface area (Å²) in [6.07, 6.45) is 6.23. The number of nitrogens with zero attached hydrogens (tertiary/aromatic N) is 1. The Bertz CT molecular complexity index is 544. The van der Waals surface area contributed by atoms with Crippen molar-refractivity contribution in [3.63, 3.8) is 0 Å². The molecule has 24 heavy (non-hydrogen) atoms. The quantitative estimate of drug-likeness (QED) is 0.250. The van der Waals surface area contributed by atoms with Gasteiger partial charge in [0.1, 0.15) is 0 Å². The monoisotopic (exact) mass is 444 g/mol. The normalized spacial score (nSPS) is 13.8. The SMILES string of the molecule is CN=C(NCCCC1CC1)NCCc1cccc(C(=O)NC)c1.I. The van der Waals surface area contributed by atoms with E-state index in [1.807, 2.05) is 24.3 Å².